The van der Waals surface area contributed by atoms with Gasteiger partial charge in [-0.2, -0.15) is 11.8 Å². The molecule has 0 saturated heterocycles. The summed E-state index contributed by atoms with van der Waals surface area (Å²) in [7, 11) is 0. The van der Waals surface area contributed by atoms with E-state index >= 15 is 0 Å². The van der Waals surface area contributed by atoms with E-state index in [-0.39, 0.29) is 11.5 Å². The lowest BCUT2D eigenvalue weighted by Crippen LogP contribution is -1.94. The molecule has 0 atom stereocenters. The lowest BCUT2D eigenvalue weighted by Gasteiger charge is -2.15. The Labute approximate surface area is 141 Å². The van der Waals surface area contributed by atoms with Crippen LogP contribution in [0.1, 0.15) is 20.8 Å². The molecule has 0 amide bonds. The number of hydrogen-bond donors (Lipinski definition) is 2. The van der Waals surface area contributed by atoms with Crippen molar-refractivity contribution in [2.75, 3.05) is 30.5 Å². The van der Waals surface area contributed by atoms with Crippen molar-refractivity contribution in [3.8, 4) is 11.5 Å². The van der Waals surface area contributed by atoms with Gasteiger partial charge >= 0.3 is 6.80 Å². The molecule has 0 spiro atoms. The van der Waals surface area contributed by atoms with Crippen LogP contribution < -0.4 is 0 Å². The minimum atomic E-state index is -2.86. The van der Waals surface area contributed by atoms with Gasteiger partial charge in [0.05, 0.1) is 13.2 Å². The fourth-order valence-corrected chi connectivity index (χ4v) is 5.79. The number of benzene rings is 1. The molecule has 5 nitrogen and oxygen atoms in total. The quantitative estimate of drug-likeness (QED) is 0.370. The highest BCUT2D eigenvalue weighted by atomic mass is 32.7. The van der Waals surface area contributed by atoms with Gasteiger partial charge in [0, 0.05) is 11.5 Å². The van der Waals surface area contributed by atoms with Crippen LogP contribution in [-0.2, 0) is 13.6 Å². The van der Waals surface area contributed by atoms with Crippen LogP contribution in [0.3, 0.4) is 0 Å². The Morgan fingerprint density at radius 1 is 0.955 bits per heavy atom. The van der Waals surface area contributed by atoms with Crippen LogP contribution >= 0.6 is 29.9 Å². The van der Waals surface area contributed by atoms with E-state index in [1.165, 1.54) is 35.6 Å². The molecule has 0 aliphatic heterocycles. The molecule has 8 heteroatoms. The topological polar surface area (TPSA) is 76.0 Å². The zero-order valence-electron chi connectivity index (χ0n) is 13.2. The molecule has 0 aliphatic rings. The third-order valence-electron chi connectivity index (χ3n) is 2.11. The number of phenols is 2. The Hall–Kier alpha value is -0.330. The molecule has 1 aromatic carbocycles. The van der Waals surface area contributed by atoms with E-state index in [0.717, 1.165) is 17.3 Å². The first-order valence-corrected chi connectivity index (χ1v) is 11.4. The van der Waals surface area contributed by atoms with Crippen molar-refractivity contribution in [2.45, 2.75) is 20.8 Å². The maximum atomic E-state index is 11.9. The smallest absolute Gasteiger partial charge is 0.389 e. The monoisotopic (exact) mass is 368 g/mol. The van der Waals surface area contributed by atoms with Crippen LogP contribution in [0.4, 0.5) is 0 Å². The Morgan fingerprint density at radius 3 is 1.77 bits per heavy atom. The summed E-state index contributed by atoms with van der Waals surface area (Å²) in [6.45, 7) is 3.78. The first-order valence-electron chi connectivity index (χ1n) is 7.06. The van der Waals surface area contributed by atoms with Crippen LogP contribution in [0.2, 0.25) is 0 Å². The second-order valence-electron chi connectivity index (χ2n) is 3.83. The van der Waals surface area contributed by atoms with Gasteiger partial charge in [-0.25, -0.2) is 4.57 Å². The van der Waals surface area contributed by atoms with Gasteiger partial charge < -0.3 is 19.3 Å². The second-order valence-corrected chi connectivity index (χ2v) is 9.42. The lowest BCUT2D eigenvalue weighted by atomic mass is 10.3. The standard InChI is InChI=1S/C8H19O3PS2.C6H6O2/c1-4-10-12(9,11-5-2)14-8-7-13-6-3;7-5-1-2-6(8)4-3-5/h4-8H2,1-3H3;1-4,7-8H. The zero-order valence-corrected chi connectivity index (χ0v) is 15.8. The highest BCUT2D eigenvalue weighted by Gasteiger charge is 2.23. The fraction of sp³-hybridized carbons (Fsp3) is 0.571. The van der Waals surface area contributed by atoms with Crippen LogP contribution in [0.5, 0.6) is 11.5 Å². The summed E-state index contributed by atoms with van der Waals surface area (Å²) in [6, 6.07) is 5.70. The summed E-state index contributed by atoms with van der Waals surface area (Å²) in [5.41, 5.74) is 0. The molecule has 1 rings (SSSR count). The first-order chi connectivity index (χ1) is 10.5. The van der Waals surface area contributed by atoms with Crippen LogP contribution in [0.25, 0.3) is 0 Å². The number of phenolic OH excluding ortho intramolecular Hbond substituents is 2. The van der Waals surface area contributed by atoms with Crippen molar-refractivity contribution in [2.24, 2.45) is 0 Å². The lowest BCUT2D eigenvalue weighted by molar-refractivity contribution is 0.237. The zero-order chi connectivity index (χ0) is 16.8. The molecule has 0 saturated carbocycles. The van der Waals surface area contributed by atoms with Crippen molar-refractivity contribution in [3.63, 3.8) is 0 Å². The molecule has 1 aromatic rings. The fourth-order valence-electron chi connectivity index (χ4n) is 1.23. The molecular formula is C14H25O5PS2. The van der Waals surface area contributed by atoms with Gasteiger partial charge in [-0.3, -0.25) is 0 Å². The van der Waals surface area contributed by atoms with E-state index in [0.29, 0.717) is 13.2 Å². The van der Waals surface area contributed by atoms with Crippen molar-refractivity contribution < 1.29 is 23.8 Å². The van der Waals surface area contributed by atoms with Crippen LogP contribution in [-0.4, -0.2) is 40.7 Å². The summed E-state index contributed by atoms with van der Waals surface area (Å²) >= 11 is 3.14. The van der Waals surface area contributed by atoms with Crippen molar-refractivity contribution in [1.82, 2.24) is 0 Å². The van der Waals surface area contributed by atoms with Gasteiger partial charge in [-0.1, -0.05) is 6.92 Å². The number of rotatable bonds is 9. The van der Waals surface area contributed by atoms with E-state index in [2.05, 4.69) is 6.92 Å². The van der Waals surface area contributed by atoms with Crippen molar-refractivity contribution in [1.29, 1.82) is 0 Å². The molecule has 0 radical (unpaired) electrons. The minimum absolute atomic E-state index is 0.169. The average Bonchev–Trinajstić information content (AvgIpc) is 2.48. The van der Waals surface area contributed by atoms with Crippen molar-refractivity contribution in [3.05, 3.63) is 24.3 Å². The highest BCUT2D eigenvalue weighted by molar-refractivity contribution is 8.55. The summed E-state index contributed by atoms with van der Waals surface area (Å²) in [4.78, 5) is 0. The van der Waals surface area contributed by atoms with E-state index in [4.69, 9.17) is 19.3 Å². The predicted molar refractivity (Wildman–Crippen MR) is 96.1 cm³/mol. The minimum Gasteiger partial charge on any atom is -0.508 e. The van der Waals surface area contributed by atoms with Crippen LogP contribution in [0, 0.1) is 0 Å². The molecule has 0 aliphatic carbocycles. The molecule has 0 aromatic heterocycles. The predicted octanol–water partition coefficient (Wildman–Crippen LogP) is 4.75. The number of hydrogen-bond acceptors (Lipinski definition) is 7. The van der Waals surface area contributed by atoms with Gasteiger partial charge in [0.2, 0.25) is 0 Å². The summed E-state index contributed by atoms with van der Waals surface area (Å²) < 4.78 is 22.2. The molecule has 0 bridgehead atoms. The SMILES string of the molecule is CCOP(=O)(OCC)SCCSCC.Oc1ccc(O)cc1. The Balaban J connectivity index is 0.000000461. The van der Waals surface area contributed by atoms with Gasteiger partial charge in [-0.15, -0.1) is 0 Å². The van der Waals surface area contributed by atoms with E-state index < -0.39 is 6.80 Å². The number of thioether (sulfide) groups is 1. The first kappa shape index (κ1) is 21.7. The Morgan fingerprint density at radius 2 is 1.41 bits per heavy atom. The van der Waals surface area contributed by atoms with E-state index in [9.17, 15) is 4.57 Å². The maximum Gasteiger partial charge on any atom is 0.389 e. The largest absolute Gasteiger partial charge is 0.508 e. The third-order valence-corrected chi connectivity index (χ3v) is 7.25. The highest BCUT2D eigenvalue weighted by Crippen LogP contribution is 2.60. The molecule has 0 heterocycles. The number of aromatic hydroxyl groups is 2. The van der Waals surface area contributed by atoms with E-state index in [1.54, 1.807) is 0 Å². The third kappa shape index (κ3) is 11.3. The van der Waals surface area contributed by atoms with Crippen LogP contribution in [0.15, 0.2) is 24.3 Å². The Kier molecular flexibility index (Phi) is 12.9. The second kappa shape index (κ2) is 13.1. The molecular weight excluding hydrogens is 343 g/mol. The van der Waals surface area contributed by atoms with Gasteiger partial charge in [0.15, 0.2) is 0 Å². The molecule has 22 heavy (non-hydrogen) atoms. The molecule has 128 valence electrons. The average molecular weight is 368 g/mol. The normalized spacial score (nSPS) is 10.9. The molecule has 0 unspecified atom stereocenters. The van der Waals surface area contributed by atoms with Gasteiger partial charge in [0.25, 0.3) is 0 Å². The van der Waals surface area contributed by atoms with Crippen molar-refractivity contribution >= 4 is 29.9 Å². The Bertz CT molecular complexity index is 397. The summed E-state index contributed by atoms with van der Waals surface area (Å²) in [6.07, 6.45) is 0. The summed E-state index contributed by atoms with van der Waals surface area (Å²) in [5, 5.41) is 17.3. The maximum absolute atomic E-state index is 11.9. The van der Waals surface area contributed by atoms with E-state index in [1.807, 2.05) is 25.6 Å². The molecule has 2 N–H and O–H groups in total. The molecule has 0 fully saturated rings. The van der Waals surface area contributed by atoms with Gasteiger partial charge in [0.1, 0.15) is 11.5 Å². The summed E-state index contributed by atoms with van der Waals surface area (Å²) in [5.74, 6) is 3.24. The van der Waals surface area contributed by atoms with Gasteiger partial charge in [-0.05, 0) is 55.2 Å².